The minimum atomic E-state index is -0.133. The minimum Gasteiger partial charge on any atom is -0.489 e. The van der Waals surface area contributed by atoms with Gasteiger partial charge in [-0.1, -0.05) is 29.8 Å². The fourth-order valence-corrected chi connectivity index (χ4v) is 3.03. The van der Waals surface area contributed by atoms with Crippen molar-refractivity contribution in [2.24, 2.45) is 0 Å². The van der Waals surface area contributed by atoms with Gasteiger partial charge >= 0.3 is 0 Å². The molecule has 0 aliphatic carbocycles. The standard InChI is InChI=1S/C21H22ClN3O2/c1-3-25-20(10-11-23-25)15(2)24-21(26)17-7-4-6-16(12-17)14-27-19-9-5-8-18(22)13-19/h4-13,15H,3,14H2,1-2H3,(H,24,26). The Kier molecular flexibility index (Phi) is 6.14. The van der Waals surface area contributed by atoms with E-state index in [4.69, 9.17) is 16.3 Å². The average Bonchev–Trinajstić information content (AvgIpc) is 3.15. The molecule has 1 amide bonds. The van der Waals surface area contributed by atoms with Gasteiger partial charge in [0.25, 0.3) is 5.91 Å². The Morgan fingerprint density at radius 1 is 1.22 bits per heavy atom. The van der Waals surface area contributed by atoms with Crippen LogP contribution in [-0.2, 0) is 13.2 Å². The normalized spacial score (nSPS) is 11.8. The molecule has 140 valence electrons. The van der Waals surface area contributed by atoms with Crippen LogP contribution >= 0.6 is 11.6 Å². The van der Waals surface area contributed by atoms with E-state index in [1.165, 1.54) is 0 Å². The molecule has 0 spiro atoms. The number of aryl methyl sites for hydroxylation is 1. The zero-order chi connectivity index (χ0) is 19.2. The molecule has 0 fully saturated rings. The lowest BCUT2D eigenvalue weighted by atomic mass is 10.1. The van der Waals surface area contributed by atoms with Crippen LogP contribution in [0.1, 0.15) is 41.5 Å². The Bertz CT molecular complexity index is 923. The summed E-state index contributed by atoms with van der Waals surface area (Å²) < 4.78 is 7.63. The van der Waals surface area contributed by atoms with Crippen molar-refractivity contribution in [2.45, 2.75) is 33.0 Å². The number of aromatic nitrogens is 2. The predicted octanol–water partition coefficient (Wildman–Crippen LogP) is 4.63. The van der Waals surface area contributed by atoms with Crippen LogP contribution in [0.15, 0.2) is 60.8 Å². The van der Waals surface area contributed by atoms with Gasteiger partial charge in [-0.15, -0.1) is 0 Å². The maximum Gasteiger partial charge on any atom is 0.251 e. The van der Waals surface area contributed by atoms with E-state index < -0.39 is 0 Å². The third kappa shape index (κ3) is 4.89. The second-order valence-corrected chi connectivity index (χ2v) is 6.65. The zero-order valence-electron chi connectivity index (χ0n) is 15.4. The summed E-state index contributed by atoms with van der Waals surface area (Å²) in [5.41, 5.74) is 2.48. The van der Waals surface area contributed by atoms with Crippen LogP contribution in [0, 0.1) is 0 Å². The highest BCUT2D eigenvalue weighted by Gasteiger charge is 2.15. The van der Waals surface area contributed by atoms with Crippen LogP contribution in [0.3, 0.4) is 0 Å². The number of carbonyl (C=O) groups is 1. The summed E-state index contributed by atoms with van der Waals surface area (Å²) in [5, 5.41) is 7.90. The van der Waals surface area contributed by atoms with Crippen molar-refractivity contribution < 1.29 is 9.53 Å². The number of nitrogens with one attached hydrogen (secondary N) is 1. The monoisotopic (exact) mass is 383 g/mol. The molecule has 6 heteroatoms. The Morgan fingerprint density at radius 2 is 2.04 bits per heavy atom. The quantitative estimate of drug-likeness (QED) is 0.647. The smallest absolute Gasteiger partial charge is 0.251 e. The highest BCUT2D eigenvalue weighted by molar-refractivity contribution is 6.30. The second kappa shape index (κ2) is 8.73. The fourth-order valence-electron chi connectivity index (χ4n) is 2.85. The van der Waals surface area contributed by atoms with Gasteiger partial charge in [-0.2, -0.15) is 5.10 Å². The molecular weight excluding hydrogens is 362 g/mol. The molecule has 27 heavy (non-hydrogen) atoms. The average molecular weight is 384 g/mol. The number of rotatable bonds is 7. The highest BCUT2D eigenvalue weighted by atomic mass is 35.5. The SMILES string of the molecule is CCn1nccc1C(C)NC(=O)c1cccc(COc2cccc(Cl)c2)c1. The van der Waals surface area contributed by atoms with E-state index in [2.05, 4.69) is 10.4 Å². The number of nitrogens with zero attached hydrogens (tertiary/aromatic N) is 2. The van der Waals surface area contributed by atoms with Crippen molar-refractivity contribution in [3.8, 4) is 5.75 Å². The van der Waals surface area contributed by atoms with Gasteiger partial charge in [0.2, 0.25) is 0 Å². The van der Waals surface area contributed by atoms with Crippen molar-refractivity contribution in [2.75, 3.05) is 0 Å². The number of hydrogen-bond acceptors (Lipinski definition) is 3. The summed E-state index contributed by atoms with van der Waals surface area (Å²) in [6.07, 6.45) is 1.75. The first kappa shape index (κ1) is 19.0. The summed E-state index contributed by atoms with van der Waals surface area (Å²) in [6.45, 7) is 5.10. The number of hydrogen-bond donors (Lipinski definition) is 1. The predicted molar refractivity (Wildman–Crippen MR) is 106 cm³/mol. The largest absolute Gasteiger partial charge is 0.489 e. The third-order valence-corrected chi connectivity index (χ3v) is 4.47. The van der Waals surface area contributed by atoms with E-state index in [1.807, 2.05) is 54.9 Å². The lowest BCUT2D eigenvalue weighted by Gasteiger charge is -2.16. The van der Waals surface area contributed by atoms with E-state index in [9.17, 15) is 4.79 Å². The molecule has 1 aromatic heterocycles. The molecule has 5 nitrogen and oxygen atoms in total. The van der Waals surface area contributed by atoms with E-state index in [0.29, 0.717) is 22.9 Å². The van der Waals surface area contributed by atoms with Gasteiger partial charge in [0.05, 0.1) is 11.7 Å². The molecule has 1 unspecified atom stereocenters. The minimum absolute atomic E-state index is 0.129. The molecule has 0 aliphatic rings. The molecule has 3 rings (SSSR count). The van der Waals surface area contributed by atoms with Crippen LogP contribution in [0.4, 0.5) is 0 Å². The zero-order valence-corrected chi connectivity index (χ0v) is 16.1. The van der Waals surface area contributed by atoms with Crippen LogP contribution in [0.25, 0.3) is 0 Å². The number of benzene rings is 2. The van der Waals surface area contributed by atoms with Crippen molar-refractivity contribution in [3.63, 3.8) is 0 Å². The third-order valence-electron chi connectivity index (χ3n) is 4.23. The summed E-state index contributed by atoms with van der Waals surface area (Å²) in [7, 11) is 0. The second-order valence-electron chi connectivity index (χ2n) is 6.21. The van der Waals surface area contributed by atoms with Crippen LogP contribution in [0.5, 0.6) is 5.75 Å². The number of carbonyl (C=O) groups excluding carboxylic acids is 1. The first-order chi connectivity index (χ1) is 13.1. The lowest BCUT2D eigenvalue weighted by Crippen LogP contribution is -2.28. The molecule has 0 radical (unpaired) electrons. The summed E-state index contributed by atoms with van der Waals surface area (Å²) in [5.74, 6) is 0.565. The summed E-state index contributed by atoms with van der Waals surface area (Å²) in [4.78, 5) is 12.6. The van der Waals surface area contributed by atoms with Gasteiger partial charge in [-0.25, -0.2) is 0 Å². The van der Waals surface area contributed by atoms with Gasteiger partial charge in [0.15, 0.2) is 0 Å². The summed E-state index contributed by atoms with van der Waals surface area (Å²) in [6, 6.07) is 16.4. The van der Waals surface area contributed by atoms with Crippen molar-refractivity contribution in [1.82, 2.24) is 15.1 Å². The first-order valence-corrected chi connectivity index (χ1v) is 9.24. The molecular formula is C21H22ClN3O2. The van der Waals surface area contributed by atoms with Crippen molar-refractivity contribution >= 4 is 17.5 Å². The van der Waals surface area contributed by atoms with Gasteiger partial charge < -0.3 is 10.1 Å². The van der Waals surface area contributed by atoms with Crippen LogP contribution < -0.4 is 10.1 Å². The van der Waals surface area contributed by atoms with E-state index in [1.54, 1.807) is 24.4 Å². The molecule has 0 aliphatic heterocycles. The molecule has 2 aromatic carbocycles. The molecule has 0 saturated heterocycles. The number of halogens is 1. The molecule has 0 saturated carbocycles. The lowest BCUT2D eigenvalue weighted by molar-refractivity contribution is 0.0938. The Labute approximate surface area is 163 Å². The van der Waals surface area contributed by atoms with Gasteiger partial charge in [0.1, 0.15) is 12.4 Å². The fraction of sp³-hybridized carbons (Fsp3) is 0.238. The molecule has 1 heterocycles. The van der Waals surface area contributed by atoms with Crippen molar-refractivity contribution in [1.29, 1.82) is 0 Å². The van der Waals surface area contributed by atoms with E-state index in [0.717, 1.165) is 17.8 Å². The molecule has 3 aromatic rings. The van der Waals surface area contributed by atoms with E-state index in [-0.39, 0.29) is 11.9 Å². The van der Waals surface area contributed by atoms with Crippen LogP contribution in [-0.4, -0.2) is 15.7 Å². The van der Waals surface area contributed by atoms with Gasteiger partial charge in [0, 0.05) is 23.3 Å². The number of amides is 1. The Balaban J connectivity index is 1.64. The van der Waals surface area contributed by atoms with E-state index >= 15 is 0 Å². The number of ether oxygens (including phenoxy) is 1. The Morgan fingerprint density at radius 3 is 2.81 bits per heavy atom. The summed E-state index contributed by atoms with van der Waals surface area (Å²) >= 11 is 5.97. The molecule has 0 bridgehead atoms. The van der Waals surface area contributed by atoms with Crippen molar-refractivity contribution in [3.05, 3.63) is 82.6 Å². The maximum absolute atomic E-state index is 12.6. The molecule has 1 atom stereocenters. The topological polar surface area (TPSA) is 56.2 Å². The first-order valence-electron chi connectivity index (χ1n) is 8.86. The molecule has 1 N–H and O–H groups in total. The maximum atomic E-state index is 12.6. The Hall–Kier alpha value is -2.79. The van der Waals surface area contributed by atoms with Gasteiger partial charge in [-0.3, -0.25) is 9.48 Å². The van der Waals surface area contributed by atoms with Crippen LogP contribution in [0.2, 0.25) is 5.02 Å². The van der Waals surface area contributed by atoms with Gasteiger partial charge in [-0.05, 0) is 55.8 Å². The highest BCUT2D eigenvalue weighted by Crippen LogP contribution is 2.19.